The van der Waals surface area contributed by atoms with E-state index in [2.05, 4.69) is 24.8 Å². The Morgan fingerprint density at radius 1 is 0.638 bits per heavy atom. The number of nitrogens with zero attached hydrogens (tertiary/aromatic N) is 7. The van der Waals surface area contributed by atoms with E-state index in [0.29, 0.717) is 17.1 Å². The number of likely N-dealkylation sites (tertiary alicyclic amines) is 2. The SMILES string of the molecule is CC(=O)c1cccc(CN2CCCC2)n1.CCc1cccc(C(=O)N(C)OC)n1.CON(C)C(=O)c1cccc(CN2CCCC2)n1. The van der Waals surface area contributed by atoms with E-state index in [-0.39, 0.29) is 17.6 Å². The molecule has 2 aliphatic rings. The monoisotopic (exact) mass is 647 g/mol. The first-order valence-electron chi connectivity index (χ1n) is 16.1. The van der Waals surface area contributed by atoms with Crippen molar-refractivity contribution in [2.45, 2.75) is 59.0 Å². The van der Waals surface area contributed by atoms with Crippen molar-refractivity contribution in [1.82, 2.24) is 34.9 Å². The fraction of sp³-hybridized carbons (Fsp3) is 0.486. The number of rotatable bonds is 10. The molecule has 0 atom stereocenters. The first-order valence-corrected chi connectivity index (χ1v) is 16.1. The van der Waals surface area contributed by atoms with E-state index in [1.165, 1.54) is 45.0 Å². The van der Waals surface area contributed by atoms with Gasteiger partial charge < -0.3 is 0 Å². The third-order valence-electron chi connectivity index (χ3n) is 7.87. The second-order valence-corrected chi connectivity index (χ2v) is 11.4. The summed E-state index contributed by atoms with van der Waals surface area (Å²) in [6.45, 7) is 9.81. The van der Waals surface area contributed by atoms with Crippen molar-refractivity contribution >= 4 is 17.6 Å². The summed E-state index contributed by atoms with van der Waals surface area (Å²) in [7, 11) is 6.05. The lowest BCUT2D eigenvalue weighted by atomic mass is 10.2. The third-order valence-corrected chi connectivity index (χ3v) is 7.87. The average molecular weight is 648 g/mol. The predicted molar refractivity (Wildman–Crippen MR) is 179 cm³/mol. The molecule has 0 radical (unpaired) electrons. The molecule has 5 heterocycles. The smallest absolute Gasteiger partial charge is 0.295 e. The van der Waals surface area contributed by atoms with Crippen LogP contribution < -0.4 is 0 Å². The maximum atomic E-state index is 11.9. The van der Waals surface area contributed by atoms with Gasteiger partial charge in [-0.2, -0.15) is 0 Å². The van der Waals surface area contributed by atoms with Gasteiger partial charge in [-0.3, -0.25) is 33.9 Å². The minimum atomic E-state index is -0.234. The van der Waals surface area contributed by atoms with E-state index < -0.39 is 0 Å². The Morgan fingerprint density at radius 3 is 1.38 bits per heavy atom. The molecule has 0 unspecified atom stereocenters. The normalized spacial score (nSPS) is 14.4. The van der Waals surface area contributed by atoms with Crippen molar-refractivity contribution in [2.24, 2.45) is 0 Å². The van der Waals surface area contributed by atoms with Crippen LogP contribution in [0.15, 0.2) is 54.6 Å². The van der Waals surface area contributed by atoms with Crippen LogP contribution in [-0.4, -0.2) is 107 Å². The van der Waals surface area contributed by atoms with Crippen LogP contribution in [0.3, 0.4) is 0 Å². The van der Waals surface area contributed by atoms with Crippen LogP contribution in [0.5, 0.6) is 0 Å². The summed E-state index contributed by atoms with van der Waals surface area (Å²) in [5.41, 5.74) is 4.26. The van der Waals surface area contributed by atoms with Gasteiger partial charge in [0.05, 0.1) is 25.6 Å². The summed E-state index contributed by atoms with van der Waals surface area (Å²) < 4.78 is 0. The Morgan fingerprint density at radius 2 is 1.00 bits per heavy atom. The molecule has 2 amide bonds. The van der Waals surface area contributed by atoms with E-state index in [9.17, 15) is 14.4 Å². The fourth-order valence-corrected chi connectivity index (χ4v) is 5.07. The number of pyridine rings is 3. The van der Waals surface area contributed by atoms with Crippen molar-refractivity contribution in [3.05, 3.63) is 88.8 Å². The molecule has 3 aromatic rings. The molecule has 0 N–H and O–H groups in total. The maximum absolute atomic E-state index is 11.9. The van der Waals surface area contributed by atoms with E-state index in [1.807, 2.05) is 43.3 Å². The molecular formula is C35H49N7O5. The lowest BCUT2D eigenvalue weighted by Gasteiger charge is -2.16. The van der Waals surface area contributed by atoms with Crippen molar-refractivity contribution < 1.29 is 24.1 Å². The molecule has 5 rings (SSSR count). The Balaban J connectivity index is 0.000000193. The number of ketones is 1. The minimum Gasteiger partial charge on any atom is -0.298 e. The second kappa shape index (κ2) is 19.5. The van der Waals surface area contributed by atoms with Gasteiger partial charge in [0.1, 0.15) is 17.1 Å². The summed E-state index contributed by atoms with van der Waals surface area (Å²) in [6.07, 6.45) is 5.90. The molecule has 3 aromatic heterocycles. The van der Waals surface area contributed by atoms with Gasteiger partial charge in [-0.1, -0.05) is 25.1 Å². The predicted octanol–water partition coefficient (Wildman–Crippen LogP) is 4.47. The van der Waals surface area contributed by atoms with Crippen molar-refractivity contribution in [2.75, 3.05) is 54.5 Å². The Bertz CT molecular complexity index is 1440. The van der Waals surface area contributed by atoms with Gasteiger partial charge >= 0.3 is 0 Å². The van der Waals surface area contributed by atoms with E-state index in [0.717, 1.165) is 67.8 Å². The zero-order valence-corrected chi connectivity index (χ0v) is 28.6. The number of hydroxylamine groups is 4. The first-order chi connectivity index (χ1) is 22.6. The van der Waals surface area contributed by atoms with Gasteiger partial charge in [0, 0.05) is 39.8 Å². The highest BCUT2D eigenvalue weighted by molar-refractivity contribution is 5.92. The molecule has 2 aliphatic heterocycles. The molecule has 0 aliphatic carbocycles. The van der Waals surface area contributed by atoms with Crippen LogP contribution in [0, 0.1) is 0 Å². The van der Waals surface area contributed by atoms with Gasteiger partial charge in [0.2, 0.25) is 0 Å². The second-order valence-electron chi connectivity index (χ2n) is 11.4. The number of amides is 2. The Hall–Kier alpha value is -4.10. The molecule has 254 valence electrons. The quantitative estimate of drug-likeness (QED) is 0.230. The highest BCUT2D eigenvalue weighted by Crippen LogP contribution is 2.13. The summed E-state index contributed by atoms with van der Waals surface area (Å²) in [5.74, 6) is -0.415. The molecule has 12 nitrogen and oxygen atoms in total. The van der Waals surface area contributed by atoms with Gasteiger partial charge in [-0.15, -0.1) is 0 Å². The molecule has 0 aromatic carbocycles. The van der Waals surface area contributed by atoms with Gasteiger partial charge in [-0.25, -0.2) is 25.1 Å². The van der Waals surface area contributed by atoms with Crippen molar-refractivity contribution in [1.29, 1.82) is 0 Å². The topological polar surface area (TPSA) is 121 Å². The fourth-order valence-electron chi connectivity index (χ4n) is 5.07. The summed E-state index contributed by atoms with van der Waals surface area (Å²) in [6, 6.07) is 16.6. The molecule has 47 heavy (non-hydrogen) atoms. The number of hydrogen-bond donors (Lipinski definition) is 0. The van der Waals surface area contributed by atoms with Crippen LogP contribution in [0.1, 0.15) is 88.1 Å². The van der Waals surface area contributed by atoms with Crippen LogP contribution in [-0.2, 0) is 29.2 Å². The number of aryl methyl sites for hydroxylation is 1. The van der Waals surface area contributed by atoms with E-state index >= 15 is 0 Å². The molecule has 0 spiro atoms. The molecule has 2 fully saturated rings. The minimum absolute atomic E-state index is 0.0401. The van der Waals surface area contributed by atoms with E-state index in [4.69, 9.17) is 9.68 Å². The lowest BCUT2D eigenvalue weighted by molar-refractivity contribution is -0.0761. The van der Waals surface area contributed by atoms with Crippen LogP contribution >= 0.6 is 0 Å². The number of hydrogen-bond acceptors (Lipinski definition) is 10. The number of aromatic nitrogens is 3. The number of carbonyl (C=O) groups excluding carboxylic acids is 3. The Labute approximate surface area is 278 Å². The Kier molecular flexibility index (Phi) is 15.5. The number of Topliss-reactive ketones (excluding diaryl/α,β-unsaturated/α-hetero) is 1. The first kappa shape index (κ1) is 37.4. The highest BCUT2D eigenvalue weighted by atomic mass is 16.7. The highest BCUT2D eigenvalue weighted by Gasteiger charge is 2.17. The summed E-state index contributed by atoms with van der Waals surface area (Å²) in [5, 5.41) is 2.34. The van der Waals surface area contributed by atoms with Crippen molar-refractivity contribution in [3.8, 4) is 0 Å². The largest absolute Gasteiger partial charge is 0.298 e. The molecular weight excluding hydrogens is 598 g/mol. The van der Waals surface area contributed by atoms with Gasteiger partial charge in [-0.05, 0) is 94.7 Å². The molecule has 12 heteroatoms. The number of carbonyl (C=O) groups is 3. The average Bonchev–Trinajstić information content (AvgIpc) is 3.82. The third kappa shape index (κ3) is 12.2. The molecule has 0 bridgehead atoms. The molecule has 0 saturated carbocycles. The van der Waals surface area contributed by atoms with Crippen molar-refractivity contribution in [3.63, 3.8) is 0 Å². The summed E-state index contributed by atoms with van der Waals surface area (Å²) in [4.78, 5) is 62.0. The van der Waals surface area contributed by atoms with Gasteiger partial charge in [0.25, 0.3) is 11.8 Å². The van der Waals surface area contributed by atoms with Crippen LogP contribution in [0.4, 0.5) is 0 Å². The zero-order valence-electron chi connectivity index (χ0n) is 28.6. The standard InChI is InChI=1S/C13H19N3O2.C12H16N2O.C10H14N2O2/c1-15(18-2)13(17)12-7-5-6-11(14-12)10-16-8-3-4-9-16;1-10(15)12-6-4-5-11(13-12)9-14-7-2-3-8-14;1-4-8-6-5-7-9(11-8)10(13)12(2)14-3/h5-7H,3-4,8-10H2,1-2H3;4-6H,2-3,7-9H2,1H3;5-7H,4H2,1-3H3. The summed E-state index contributed by atoms with van der Waals surface area (Å²) >= 11 is 0. The lowest BCUT2D eigenvalue weighted by Crippen LogP contribution is -2.27. The van der Waals surface area contributed by atoms with Crippen LogP contribution in [0.2, 0.25) is 0 Å². The van der Waals surface area contributed by atoms with Gasteiger partial charge in [0.15, 0.2) is 5.78 Å². The van der Waals surface area contributed by atoms with E-state index in [1.54, 1.807) is 39.2 Å². The maximum Gasteiger partial charge on any atom is 0.295 e. The molecule has 2 saturated heterocycles. The zero-order chi connectivity index (χ0) is 34.2. The van der Waals surface area contributed by atoms with Crippen LogP contribution in [0.25, 0.3) is 0 Å².